The average Bonchev–Trinajstić information content (AvgIpc) is 2.27. The highest BCUT2D eigenvalue weighted by atomic mass is 19.4. The second-order valence-electron chi connectivity index (χ2n) is 3.46. The number of hydrogen-bond acceptors (Lipinski definition) is 2. The molecule has 1 rings (SSSR count). The Morgan fingerprint density at radius 1 is 1.15 bits per heavy atom. The Hall–Kier alpha value is -2.01. The summed E-state index contributed by atoms with van der Waals surface area (Å²) in [6.07, 6.45) is -6.30. The molecule has 12 heteroatoms. The highest BCUT2D eigenvalue weighted by molar-refractivity contribution is 6.12. The molecule has 0 unspecified atom stereocenters. The summed E-state index contributed by atoms with van der Waals surface area (Å²) in [7, 11) is 0. The summed E-state index contributed by atoms with van der Waals surface area (Å²) in [5.41, 5.74) is 0. The van der Waals surface area contributed by atoms with Crippen LogP contribution in [0.25, 0.3) is 0 Å². The molecule has 0 saturated carbocycles. The number of hydrogen-bond donors (Lipinski definition) is 1. The van der Waals surface area contributed by atoms with Gasteiger partial charge in [-0.1, -0.05) is 0 Å². The molecule has 0 aliphatic carbocycles. The van der Waals surface area contributed by atoms with Crippen molar-refractivity contribution in [3.63, 3.8) is 0 Å². The number of nitrogens with one attached hydrogen (secondary N) is 1. The number of alkyl halides is 7. The van der Waals surface area contributed by atoms with Gasteiger partial charge in [0.2, 0.25) is 0 Å². The Kier molecular flexibility index (Phi) is 3.87. The predicted octanol–water partition coefficient (Wildman–Crippen LogP) is 1.93. The van der Waals surface area contributed by atoms with Gasteiger partial charge in [0.25, 0.3) is 0 Å². The molecule has 0 bridgehead atoms. The van der Waals surface area contributed by atoms with Gasteiger partial charge < -0.3 is 5.32 Å². The van der Waals surface area contributed by atoms with Gasteiger partial charge in [0.15, 0.2) is 0 Å². The normalized spacial score (nSPS) is 16.9. The van der Waals surface area contributed by atoms with Crippen LogP contribution in [0.4, 0.5) is 35.5 Å². The van der Waals surface area contributed by atoms with Crippen LogP contribution in [0.1, 0.15) is 6.42 Å². The largest absolute Gasteiger partial charge is 0.460 e. The van der Waals surface area contributed by atoms with E-state index in [1.807, 2.05) is 0 Å². The van der Waals surface area contributed by atoms with Gasteiger partial charge in [-0.15, -0.1) is 0 Å². The first-order valence-corrected chi connectivity index (χ1v) is 4.67. The second-order valence-corrected chi connectivity index (χ2v) is 3.46. The van der Waals surface area contributed by atoms with Gasteiger partial charge in [0.05, 0.1) is 0 Å². The van der Waals surface area contributed by atoms with E-state index in [1.165, 1.54) is 0 Å². The fourth-order valence-corrected chi connectivity index (χ4v) is 1.01. The van der Waals surface area contributed by atoms with Crippen molar-refractivity contribution in [3.05, 3.63) is 0 Å². The molecule has 1 heterocycles. The Labute approximate surface area is 105 Å². The minimum atomic E-state index is -6.63. The molecule has 0 spiro atoms. The lowest BCUT2D eigenvalue weighted by atomic mass is 10.1. The first-order chi connectivity index (χ1) is 8.89. The van der Waals surface area contributed by atoms with Crippen molar-refractivity contribution in [1.29, 1.82) is 0 Å². The standard InChI is InChI=1S/C8H4F7N3O2/c9-6(10,7(11,12)8(13,14)15)4(19)17-3-1-2-16-5(20)18-3/h2H,1H2,(H,17,18,19,20). The van der Waals surface area contributed by atoms with Crippen molar-refractivity contribution < 1.29 is 40.3 Å². The molecule has 1 aliphatic heterocycles. The molecule has 0 atom stereocenters. The van der Waals surface area contributed by atoms with Crippen LogP contribution in [0.2, 0.25) is 0 Å². The molecule has 5 nitrogen and oxygen atoms in total. The summed E-state index contributed by atoms with van der Waals surface area (Å²) in [5, 5.41) is 1.04. The van der Waals surface area contributed by atoms with Gasteiger partial charge >= 0.3 is 30.0 Å². The Bertz CT molecular complexity index is 495. The molecular weight excluding hydrogens is 303 g/mol. The lowest BCUT2D eigenvalue weighted by Gasteiger charge is -2.27. The number of nitrogens with zero attached hydrogens (tertiary/aromatic N) is 2. The molecular formula is C8H4F7N3O2. The molecule has 3 amide bonds. The van der Waals surface area contributed by atoms with E-state index in [0.717, 1.165) is 11.5 Å². The topological polar surface area (TPSA) is 70.9 Å². The van der Waals surface area contributed by atoms with Crippen molar-refractivity contribution in [1.82, 2.24) is 5.32 Å². The number of urea groups is 1. The van der Waals surface area contributed by atoms with Gasteiger partial charge in [-0.05, 0) is 0 Å². The summed E-state index contributed by atoms with van der Waals surface area (Å²) in [5.74, 6) is -16.4. The smallest absolute Gasteiger partial charge is 0.308 e. The van der Waals surface area contributed by atoms with E-state index in [-0.39, 0.29) is 0 Å². The molecule has 0 aromatic carbocycles. The van der Waals surface area contributed by atoms with Crippen LogP contribution < -0.4 is 5.32 Å². The first kappa shape index (κ1) is 16.0. The number of aliphatic imine (C=N–C) groups is 2. The van der Waals surface area contributed by atoms with E-state index >= 15 is 0 Å². The quantitative estimate of drug-likeness (QED) is 0.792. The van der Waals surface area contributed by atoms with E-state index < -0.39 is 42.2 Å². The summed E-state index contributed by atoms with van der Waals surface area (Å²) in [6.45, 7) is 0. The van der Waals surface area contributed by atoms with Gasteiger partial charge in [-0.25, -0.2) is 9.79 Å². The molecule has 0 aromatic heterocycles. The lowest BCUT2D eigenvalue weighted by molar-refractivity contribution is -0.343. The summed E-state index contributed by atoms with van der Waals surface area (Å²) in [6, 6.07) is -1.22. The van der Waals surface area contributed by atoms with Crippen molar-refractivity contribution in [2.75, 3.05) is 0 Å². The van der Waals surface area contributed by atoms with Crippen molar-refractivity contribution in [3.8, 4) is 0 Å². The Morgan fingerprint density at radius 2 is 1.70 bits per heavy atom. The van der Waals surface area contributed by atoms with E-state index in [1.54, 1.807) is 0 Å². The molecule has 0 radical (unpaired) electrons. The maximum Gasteiger partial charge on any atom is 0.460 e. The third-order valence-electron chi connectivity index (χ3n) is 2.01. The number of halogens is 7. The Balaban J connectivity index is 2.94. The molecule has 1 aliphatic rings. The van der Waals surface area contributed by atoms with Crippen LogP contribution >= 0.6 is 0 Å². The van der Waals surface area contributed by atoms with Crippen molar-refractivity contribution in [2.45, 2.75) is 24.4 Å². The molecule has 1 N–H and O–H groups in total. The third kappa shape index (κ3) is 2.77. The zero-order valence-corrected chi connectivity index (χ0v) is 9.14. The molecule has 20 heavy (non-hydrogen) atoms. The highest BCUT2D eigenvalue weighted by Gasteiger charge is 2.76. The lowest BCUT2D eigenvalue weighted by Crippen LogP contribution is -2.60. The van der Waals surface area contributed by atoms with Crippen LogP contribution in [0.3, 0.4) is 0 Å². The predicted molar refractivity (Wildman–Crippen MR) is 50.0 cm³/mol. The minimum absolute atomic E-state index is 0.481. The van der Waals surface area contributed by atoms with E-state index in [0.29, 0.717) is 0 Å². The molecule has 112 valence electrons. The van der Waals surface area contributed by atoms with Crippen LogP contribution in [0.5, 0.6) is 0 Å². The van der Waals surface area contributed by atoms with Crippen molar-refractivity contribution >= 4 is 24.0 Å². The molecule has 0 fully saturated rings. The number of amides is 3. The maximum absolute atomic E-state index is 12.9. The third-order valence-corrected chi connectivity index (χ3v) is 2.01. The second kappa shape index (κ2) is 4.83. The fraction of sp³-hybridized carbons (Fsp3) is 0.500. The number of rotatable bonds is 2. The zero-order valence-electron chi connectivity index (χ0n) is 9.14. The van der Waals surface area contributed by atoms with Crippen LogP contribution in [0, 0.1) is 0 Å². The van der Waals surface area contributed by atoms with E-state index in [9.17, 15) is 40.3 Å². The number of carbonyl (C=O) groups is 2. The van der Waals surface area contributed by atoms with Gasteiger partial charge in [0, 0.05) is 12.6 Å². The summed E-state index contributed by atoms with van der Waals surface area (Å²) >= 11 is 0. The van der Waals surface area contributed by atoms with Crippen LogP contribution in [-0.2, 0) is 4.79 Å². The van der Waals surface area contributed by atoms with Gasteiger partial charge in [0.1, 0.15) is 5.84 Å². The Morgan fingerprint density at radius 3 is 2.15 bits per heavy atom. The summed E-state index contributed by atoms with van der Waals surface area (Å²) in [4.78, 5) is 27.4. The SMILES string of the molecule is O=C1N=CCC(NC(=O)C(F)(F)C(F)(F)C(F)(F)F)=N1. The van der Waals surface area contributed by atoms with Gasteiger partial charge in [-0.3, -0.25) is 4.79 Å². The van der Waals surface area contributed by atoms with Crippen molar-refractivity contribution in [2.24, 2.45) is 9.98 Å². The summed E-state index contributed by atoms with van der Waals surface area (Å²) < 4.78 is 86.3. The van der Waals surface area contributed by atoms with E-state index in [4.69, 9.17) is 0 Å². The fourth-order valence-electron chi connectivity index (χ4n) is 1.01. The van der Waals surface area contributed by atoms with E-state index in [2.05, 4.69) is 9.98 Å². The monoisotopic (exact) mass is 307 g/mol. The number of carbonyl (C=O) groups excluding carboxylic acids is 2. The maximum atomic E-state index is 12.9. The molecule has 0 saturated heterocycles. The highest BCUT2D eigenvalue weighted by Crippen LogP contribution is 2.46. The number of amidine groups is 1. The van der Waals surface area contributed by atoms with Gasteiger partial charge in [-0.2, -0.15) is 35.7 Å². The molecule has 0 aromatic rings. The average molecular weight is 307 g/mol. The first-order valence-electron chi connectivity index (χ1n) is 4.67. The van der Waals surface area contributed by atoms with Crippen LogP contribution in [0.15, 0.2) is 9.98 Å². The van der Waals surface area contributed by atoms with Crippen LogP contribution in [-0.4, -0.2) is 42.0 Å². The zero-order chi connectivity index (χ0) is 15.8. The minimum Gasteiger partial charge on any atom is -0.308 e.